The molecule has 0 heterocycles. The third-order valence-corrected chi connectivity index (χ3v) is 3.42. The molecule has 0 amide bonds. The molecular formula is C18H23NO2. The van der Waals surface area contributed by atoms with E-state index in [0.29, 0.717) is 6.54 Å². The molecule has 1 unspecified atom stereocenters. The Morgan fingerprint density at radius 3 is 2.43 bits per heavy atom. The largest absolute Gasteiger partial charge is 0.497 e. The van der Waals surface area contributed by atoms with Crippen molar-refractivity contribution in [2.45, 2.75) is 25.9 Å². The van der Waals surface area contributed by atoms with E-state index in [-0.39, 0.29) is 6.10 Å². The van der Waals surface area contributed by atoms with Crippen molar-refractivity contribution >= 4 is 0 Å². The lowest BCUT2D eigenvalue weighted by Gasteiger charge is -2.18. The minimum atomic E-state index is -0.169. The van der Waals surface area contributed by atoms with Crippen LogP contribution in [0.3, 0.4) is 0 Å². The maximum atomic E-state index is 6.00. The monoisotopic (exact) mass is 285 g/mol. The summed E-state index contributed by atoms with van der Waals surface area (Å²) in [5.74, 6) is 1.65. The van der Waals surface area contributed by atoms with Gasteiger partial charge in [0.15, 0.2) is 0 Å². The Kier molecular flexibility index (Phi) is 5.64. The number of hydrogen-bond acceptors (Lipinski definition) is 3. The Morgan fingerprint density at radius 1 is 1.05 bits per heavy atom. The second-order valence-corrected chi connectivity index (χ2v) is 5.01. The summed E-state index contributed by atoms with van der Waals surface area (Å²) in [6.07, 6.45) is 2.07. The molecule has 0 bridgehead atoms. The maximum absolute atomic E-state index is 6.00. The molecule has 3 nitrogen and oxygen atoms in total. The van der Waals surface area contributed by atoms with Gasteiger partial charge in [-0.1, -0.05) is 37.6 Å². The number of methoxy groups -OCH3 is 1. The van der Waals surface area contributed by atoms with Gasteiger partial charge >= 0.3 is 0 Å². The van der Waals surface area contributed by atoms with Crippen LogP contribution in [-0.2, 0) is 6.42 Å². The van der Waals surface area contributed by atoms with E-state index in [9.17, 15) is 0 Å². The van der Waals surface area contributed by atoms with Crippen molar-refractivity contribution < 1.29 is 9.47 Å². The van der Waals surface area contributed by atoms with Crippen LogP contribution in [0.5, 0.6) is 11.5 Å². The molecule has 21 heavy (non-hydrogen) atoms. The van der Waals surface area contributed by atoms with Gasteiger partial charge in [-0.25, -0.2) is 0 Å². The zero-order valence-electron chi connectivity index (χ0n) is 12.7. The quantitative estimate of drug-likeness (QED) is 0.843. The van der Waals surface area contributed by atoms with E-state index in [1.54, 1.807) is 7.11 Å². The molecule has 0 saturated carbocycles. The van der Waals surface area contributed by atoms with Crippen molar-refractivity contribution in [1.29, 1.82) is 0 Å². The lowest BCUT2D eigenvalue weighted by molar-refractivity contribution is 0.213. The second kappa shape index (κ2) is 7.70. The zero-order chi connectivity index (χ0) is 15.1. The molecule has 3 heteroatoms. The van der Waals surface area contributed by atoms with Crippen LogP contribution in [0.1, 0.15) is 30.6 Å². The molecule has 0 aliphatic heterocycles. The highest BCUT2D eigenvalue weighted by atomic mass is 16.5. The van der Waals surface area contributed by atoms with Crippen LogP contribution in [0.25, 0.3) is 0 Å². The van der Waals surface area contributed by atoms with Crippen molar-refractivity contribution in [3.05, 3.63) is 59.7 Å². The predicted molar refractivity (Wildman–Crippen MR) is 85.9 cm³/mol. The number of aryl methyl sites for hydroxylation is 1. The Bertz CT molecular complexity index is 551. The van der Waals surface area contributed by atoms with Crippen molar-refractivity contribution in [3.8, 4) is 11.5 Å². The van der Waals surface area contributed by atoms with Crippen LogP contribution in [0, 0.1) is 0 Å². The van der Waals surface area contributed by atoms with Gasteiger partial charge in [-0.15, -0.1) is 0 Å². The summed E-state index contributed by atoms with van der Waals surface area (Å²) in [6, 6.07) is 16.1. The van der Waals surface area contributed by atoms with Crippen LogP contribution < -0.4 is 15.2 Å². The van der Waals surface area contributed by atoms with E-state index in [4.69, 9.17) is 15.2 Å². The van der Waals surface area contributed by atoms with E-state index >= 15 is 0 Å². The van der Waals surface area contributed by atoms with Crippen LogP contribution in [0.4, 0.5) is 0 Å². The second-order valence-electron chi connectivity index (χ2n) is 5.01. The summed E-state index contributed by atoms with van der Waals surface area (Å²) in [4.78, 5) is 0. The van der Waals surface area contributed by atoms with Crippen LogP contribution in [0.15, 0.2) is 48.5 Å². The molecule has 0 aromatic heterocycles. The van der Waals surface area contributed by atoms with Gasteiger partial charge in [0, 0.05) is 6.54 Å². The first kappa shape index (κ1) is 15.4. The van der Waals surface area contributed by atoms with Crippen molar-refractivity contribution in [2.75, 3.05) is 13.7 Å². The van der Waals surface area contributed by atoms with Gasteiger partial charge in [-0.3, -0.25) is 0 Å². The third kappa shape index (κ3) is 4.23. The summed E-state index contributed by atoms with van der Waals surface area (Å²) >= 11 is 0. The first-order chi connectivity index (χ1) is 10.3. The van der Waals surface area contributed by atoms with E-state index in [2.05, 4.69) is 19.1 Å². The lowest BCUT2D eigenvalue weighted by atomic mass is 10.1. The van der Waals surface area contributed by atoms with Crippen LogP contribution in [0.2, 0.25) is 0 Å². The summed E-state index contributed by atoms with van der Waals surface area (Å²) in [5.41, 5.74) is 8.21. The Balaban J connectivity index is 2.10. The van der Waals surface area contributed by atoms with Gasteiger partial charge in [-0.2, -0.15) is 0 Å². The molecule has 112 valence electrons. The minimum absolute atomic E-state index is 0.169. The first-order valence-electron chi connectivity index (χ1n) is 7.36. The Labute approximate surface area is 126 Å². The van der Waals surface area contributed by atoms with E-state index < -0.39 is 0 Å². The molecule has 0 fully saturated rings. The van der Waals surface area contributed by atoms with E-state index in [1.807, 2.05) is 36.4 Å². The number of benzene rings is 2. The van der Waals surface area contributed by atoms with Gasteiger partial charge in [0.1, 0.15) is 17.6 Å². The van der Waals surface area contributed by atoms with Crippen molar-refractivity contribution in [3.63, 3.8) is 0 Å². The molecular weight excluding hydrogens is 262 g/mol. The molecule has 0 saturated heterocycles. The standard InChI is InChI=1S/C18H23NO2/c1-3-5-14-8-10-16(11-9-14)21-18(13-19)15-6-4-7-17(12-15)20-2/h4,6-12,18H,3,5,13,19H2,1-2H3. The zero-order valence-corrected chi connectivity index (χ0v) is 12.7. The average Bonchev–Trinajstić information content (AvgIpc) is 2.54. The summed E-state index contributed by atoms with van der Waals surface area (Å²) in [6.45, 7) is 2.60. The van der Waals surface area contributed by atoms with Crippen molar-refractivity contribution in [1.82, 2.24) is 0 Å². The Hall–Kier alpha value is -2.00. The van der Waals surface area contributed by atoms with Crippen LogP contribution in [-0.4, -0.2) is 13.7 Å². The number of rotatable bonds is 7. The Morgan fingerprint density at radius 2 is 1.81 bits per heavy atom. The fourth-order valence-electron chi connectivity index (χ4n) is 2.28. The number of ether oxygens (including phenoxy) is 2. The molecule has 2 N–H and O–H groups in total. The lowest BCUT2D eigenvalue weighted by Crippen LogP contribution is -2.18. The number of nitrogens with two attached hydrogens (primary N) is 1. The average molecular weight is 285 g/mol. The summed E-state index contributed by atoms with van der Waals surface area (Å²) in [5, 5.41) is 0. The fraction of sp³-hybridized carbons (Fsp3) is 0.333. The van der Waals surface area contributed by atoms with Gasteiger partial charge in [0.2, 0.25) is 0 Å². The van der Waals surface area contributed by atoms with E-state index in [1.165, 1.54) is 5.56 Å². The highest BCUT2D eigenvalue weighted by Gasteiger charge is 2.12. The highest BCUT2D eigenvalue weighted by Crippen LogP contribution is 2.24. The van der Waals surface area contributed by atoms with Gasteiger partial charge in [0.05, 0.1) is 7.11 Å². The fourth-order valence-corrected chi connectivity index (χ4v) is 2.28. The summed E-state index contributed by atoms with van der Waals surface area (Å²) < 4.78 is 11.2. The predicted octanol–water partition coefficient (Wildman–Crippen LogP) is 3.73. The van der Waals surface area contributed by atoms with Gasteiger partial charge in [-0.05, 0) is 41.8 Å². The minimum Gasteiger partial charge on any atom is -0.497 e. The third-order valence-electron chi connectivity index (χ3n) is 3.42. The molecule has 2 rings (SSSR count). The van der Waals surface area contributed by atoms with Crippen LogP contribution >= 0.6 is 0 Å². The normalized spacial score (nSPS) is 12.0. The number of hydrogen-bond donors (Lipinski definition) is 1. The smallest absolute Gasteiger partial charge is 0.136 e. The molecule has 2 aromatic carbocycles. The molecule has 2 aromatic rings. The molecule has 0 aliphatic carbocycles. The highest BCUT2D eigenvalue weighted by molar-refractivity contribution is 5.32. The first-order valence-corrected chi connectivity index (χ1v) is 7.36. The SMILES string of the molecule is CCCc1ccc(OC(CN)c2cccc(OC)c2)cc1. The maximum Gasteiger partial charge on any atom is 0.136 e. The summed E-state index contributed by atoms with van der Waals surface area (Å²) in [7, 11) is 1.66. The topological polar surface area (TPSA) is 44.5 Å². The van der Waals surface area contributed by atoms with Crippen molar-refractivity contribution in [2.24, 2.45) is 5.73 Å². The molecule has 0 spiro atoms. The van der Waals surface area contributed by atoms with E-state index in [0.717, 1.165) is 29.9 Å². The molecule has 0 radical (unpaired) electrons. The van der Waals surface area contributed by atoms with Gasteiger partial charge in [0.25, 0.3) is 0 Å². The molecule has 1 atom stereocenters. The van der Waals surface area contributed by atoms with Gasteiger partial charge < -0.3 is 15.2 Å². The molecule has 0 aliphatic rings.